The number of rotatable bonds is 9. The summed E-state index contributed by atoms with van der Waals surface area (Å²) in [6.07, 6.45) is 10.1. The molecule has 0 spiro atoms. The Labute approximate surface area is 294 Å². The van der Waals surface area contributed by atoms with E-state index in [9.17, 15) is 9.90 Å². The zero-order valence-corrected chi connectivity index (χ0v) is 31.6. The molecule has 0 saturated heterocycles. The van der Waals surface area contributed by atoms with Crippen molar-refractivity contribution in [1.29, 1.82) is 0 Å². The van der Waals surface area contributed by atoms with Crippen LogP contribution < -0.4 is 19.6 Å². The molecule has 0 bridgehead atoms. The quantitative estimate of drug-likeness (QED) is 0.228. The number of hydrogen-bond donors (Lipinski definition) is 1. The van der Waals surface area contributed by atoms with Crippen LogP contribution in [-0.2, 0) is 0 Å². The lowest BCUT2D eigenvalue weighted by atomic mass is 9.75. The van der Waals surface area contributed by atoms with Crippen LogP contribution in [0.15, 0.2) is 33.5 Å². The van der Waals surface area contributed by atoms with E-state index in [-0.39, 0.29) is 34.9 Å². The molecular weight excluding hydrogens is 612 g/mol. The maximum absolute atomic E-state index is 14.2. The molecule has 3 saturated carbocycles. The van der Waals surface area contributed by atoms with Gasteiger partial charge in [-0.05, 0) is 97.9 Å². The van der Waals surface area contributed by atoms with Crippen molar-refractivity contribution in [2.24, 2.45) is 53.3 Å². The Bertz CT molecular complexity index is 1650. The van der Waals surface area contributed by atoms with Crippen molar-refractivity contribution in [3.05, 3.63) is 34.5 Å². The maximum atomic E-state index is 14.2. The smallest absolute Gasteiger partial charge is 0.204 e. The molecule has 3 fully saturated rings. The van der Waals surface area contributed by atoms with Gasteiger partial charge >= 0.3 is 0 Å². The highest BCUT2D eigenvalue weighted by atomic mass is 16.5. The first-order chi connectivity index (χ1) is 23.3. The summed E-state index contributed by atoms with van der Waals surface area (Å²) in [6.45, 7) is 20.6. The Morgan fingerprint density at radius 2 is 1.06 bits per heavy atom. The molecule has 3 aliphatic rings. The SMILES string of the molecule is CC1CCC(C(C)C)C(Oc2cc(O)c3c(=O)c4cc(OC5CC(C)CCC5C(C)C)c(OC5CC(C)CCC5C(C)C)cc4oc3c2)C1. The van der Waals surface area contributed by atoms with Gasteiger partial charge in [0.15, 0.2) is 11.5 Å². The van der Waals surface area contributed by atoms with Crippen LogP contribution in [-0.4, -0.2) is 23.4 Å². The first-order valence-electron chi connectivity index (χ1n) is 19.6. The van der Waals surface area contributed by atoms with E-state index in [1.807, 2.05) is 12.1 Å². The largest absolute Gasteiger partial charge is 0.507 e. The van der Waals surface area contributed by atoms with E-state index in [0.717, 1.165) is 38.5 Å². The molecule has 0 aliphatic heterocycles. The number of fused-ring (bicyclic) bond motifs is 2. The third-order valence-corrected chi connectivity index (χ3v) is 12.5. The molecule has 9 unspecified atom stereocenters. The summed E-state index contributed by atoms with van der Waals surface area (Å²) >= 11 is 0. The Hall–Kier alpha value is -2.89. The van der Waals surface area contributed by atoms with Crippen LogP contribution in [0.5, 0.6) is 23.0 Å². The first-order valence-corrected chi connectivity index (χ1v) is 19.6. The molecule has 3 aromatic rings. The van der Waals surface area contributed by atoms with Gasteiger partial charge in [0.05, 0.1) is 5.39 Å². The van der Waals surface area contributed by atoms with Gasteiger partial charge in [-0.2, -0.15) is 0 Å². The molecule has 0 amide bonds. The average molecular weight is 675 g/mol. The highest BCUT2D eigenvalue weighted by molar-refractivity contribution is 5.95. The van der Waals surface area contributed by atoms with Gasteiger partial charge in [0, 0.05) is 18.2 Å². The van der Waals surface area contributed by atoms with Gasteiger partial charge in [0.25, 0.3) is 0 Å². The van der Waals surface area contributed by atoms with Crippen LogP contribution >= 0.6 is 0 Å². The van der Waals surface area contributed by atoms with Crippen LogP contribution in [0.3, 0.4) is 0 Å². The molecule has 1 aromatic heterocycles. The molecule has 6 rings (SSSR count). The lowest BCUT2D eigenvalue weighted by molar-refractivity contribution is 0.0266. The molecule has 6 heteroatoms. The maximum Gasteiger partial charge on any atom is 0.204 e. The minimum atomic E-state index is -0.271. The fraction of sp³-hybridized carbons (Fsp3) is 0.698. The molecule has 0 radical (unpaired) electrons. The van der Waals surface area contributed by atoms with Gasteiger partial charge in [-0.1, -0.05) is 81.6 Å². The van der Waals surface area contributed by atoms with Crippen molar-refractivity contribution in [3.63, 3.8) is 0 Å². The lowest BCUT2D eigenvalue weighted by Crippen LogP contribution is -2.38. The summed E-state index contributed by atoms with van der Waals surface area (Å²) in [5.41, 5.74) is 0.487. The van der Waals surface area contributed by atoms with Crippen LogP contribution in [0, 0.1) is 53.3 Å². The Morgan fingerprint density at radius 1 is 0.612 bits per heavy atom. The van der Waals surface area contributed by atoms with Gasteiger partial charge in [0.2, 0.25) is 5.43 Å². The number of aromatic hydroxyl groups is 1. The predicted octanol–water partition coefficient (Wildman–Crippen LogP) is 11.2. The van der Waals surface area contributed by atoms with Crippen molar-refractivity contribution in [3.8, 4) is 23.0 Å². The van der Waals surface area contributed by atoms with Crippen LogP contribution in [0.1, 0.15) is 120 Å². The van der Waals surface area contributed by atoms with Gasteiger partial charge in [-0.3, -0.25) is 4.79 Å². The zero-order chi connectivity index (χ0) is 35.1. The first kappa shape index (κ1) is 35.9. The molecule has 2 aromatic carbocycles. The number of phenols is 1. The van der Waals surface area contributed by atoms with Gasteiger partial charge in [-0.15, -0.1) is 0 Å². The van der Waals surface area contributed by atoms with Crippen LogP contribution in [0.25, 0.3) is 21.9 Å². The average Bonchev–Trinajstić information content (AvgIpc) is 3.01. The number of benzene rings is 2. The Balaban J connectivity index is 1.43. The summed E-state index contributed by atoms with van der Waals surface area (Å²) in [6, 6.07) is 7.07. The van der Waals surface area contributed by atoms with Gasteiger partial charge in [-0.25, -0.2) is 0 Å². The fourth-order valence-electron chi connectivity index (χ4n) is 9.45. The highest BCUT2D eigenvalue weighted by Gasteiger charge is 2.36. The second-order valence-corrected chi connectivity index (χ2v) is 17.5. The normalized spacial score (nSPS) is 31.1. The molecule has 3 aliphatic carbocycles. The summed E-state index contributed by atoms with van der Waals surface area (Å²) in [4.78, 5) is 14.2. The summed E-state index contributed by atoms with van der Waals surface area (Å²) in [7, 11) is 0. The minimum absolute atomic E-state index is 0.0347. The zero-order valence-electron chi connectivity index (χ0n) is 31.6. The van der Waals surface area contributed by atoms with E-state index < -0.39 is 0 Å². The van der Waals surface area contributed by atoms with Crippen molar-refractivity contribution in [2.75, 3.05) is 0 Å². The van der Waals surface area contributed by atoms with E-state index in [4.69, 9.17) is 18.6 Å². The van der Waals surface area contributed by atoms with E-state index in [1.165, 1.54) is 19.3 Å². The Kier molecular flexibility index (Phi) is 10.8. The molecular formula is C43H62O6. The second kappa shape index (κ2) is 14.8. The molecule has 1 N–H and O–H groups in total. The third kappa shape index (κ3) is 7.73. The predicted molar refractivity (Wildman–Crippen MR) is 199 cm³/mol. The van der Waals surface area contributed by atoms with E-state index >= 15 is 0 Å². The number of ether oxygens (including phenoxy) is 3. The van der Waals surface area contributed by atoms with Gasteiger partial charge in [0.1, 0.15) is 46.4 Å². The number of phenolic OH excluding ortho intramolecular Hbond substituents is 1. The van der Waals surface area contributed by atoms with Crippen LogP contribution in [0.2, 0.25) is 0 Å². The summed E-state index contributed by atoms with van der Waals surface area (Å²) < 4.78 is 27.0. The van der Waals surface area contributed by atoms with Gasteiger partial charge < -0.3 is 23.7 Å². The molecule has 270 valence electrons. The van der Waals surface area contributed by atoms with Crippen molar-refractivity contribution < 1.29 is 23.7 Å². The standard InChI is InChI=1S/C43H62O6/c1-23(2)30-13-10-26(7)16-35(30)46-29-19-34(44)42-41(20-29)49-38-22-40(48-37-18-28(9)12-15-32(37)25(5)6)39(21-33(38)43(42)45)47-36-17-27(8)11-14-31(36)24(3)4/h19-28,30-32,35-37,44H,10-18H2,1-9H3. The summed E-state index contributed by atoms with van der Waals surface area (Å²) in [5.74, 6) is 6.21. The second-order valence-electron chi connectivity index (χ2n) is 17.5. The third-order valence-electron chi connectivity index (χ3n) is 12.5. The number of hydrogen-bond acceptors (Lipinski definition) is 6. The topological polar surface area (TPSA) is 78.1 Å². The monoisotopic (exact) mass is 674 g/mol. The minimum Gasteiger partial charge on any atom is -0.507 e. The lowest BCUT2D eigenvalue weighted by Gasteiger charge is -2.39. The molecule has 6 nitrogen and oxygen atoms in total. The molecule has 49 heavy (non-hydrogen) atoms. The fourth-order valence-corrected chi connectivity index (χ4v) is 9.45. The molecule has 9 atom stereocenters. The summed E-state index contributed by atoms with van der Waals surface area (Å²) in [5, 5.41) is 11.8. The van der Waals surface area contributed by atoms with Crippen molar-refractivity contribution in [1.82, 2.24) is 0 Å². The van der Waals surface area contributed by atoms with Crippen molar-refractivity contribution >= 4 is 21.9 Å². The van der Waals surface area contributed by atoms with E-state index in [2.05, 4.69) is 62.3 Å². The molecule has 1 heterocycles. The highest BCUT2D eigenvalue weighted by Crippen LogP contribution is 2.44. The Morgan fingerprint density at radius 3 is 1.53 bits per heavy atom. The van der Waals surface area contributed by atoms with E-state index in [1.54, 1.807) is 12.1 Å². The van der Waals surface area contributed by atoms with Crippen LogP contribution in [0.4, 0.5) is 0 Å². The van der Waals surface area contributed by atoms with E-state index in [0.29, 0.717) is 87.1 Å². The van der Waals surface area contributed by atoms with Crippen molar-refractivity contribution in [2.45, 2.75) is 138 Å².